The third-order valence-electron chi connectivity index (χ3n) is 2.88. The van der Waals surface area contributed by atoms with Crippen molar-refractivity contribution in [2.75, 3.05) is 7.11 Å². The third-order valence-corrected chi connectivity index (χ3v) is 2.88. The van der Waals surface area contributed by atoms with Gasteiger partial charge in [0.05, 0.1) is 24.2 Å². The van der Waals surface area contributed by atoms with E-state index in [4.69, 9.17) is 5.11 Å². The number of rotatable bonds is 4. The number of benzene rings is 1. The summed E-state index contributed by atoms with van der Waals surface area (Å²) in [5, 5.41) is 19.3. The summed E-state index contributed by atoms with van der Waals surface area (Å²) in [6.07, 6.45) is -1.25. The van der Waals surface area contributed by atoms with Crippen molar-refractivity contribution in [3.8, 4) is 0 Å². The lowest BCUT2D eigenvalue weighted by molar-refractivity contribution is -0.157. The number of carboxylic acids is 1. The number of carboxylic acid groups (broad SMARTS) is 1. The number of aliphatic hydroxyl groups excluding tert-OH is 1. The first-order chi connectivity index (χ1) is 8.32. The van der Waals surface area contributed by atoms with Gasteiger partial charge >= 0.3 is 11.9 Å². The molecule has 0 aliphatic heterocycles. The Kier molecular flexibility index (Phi) is 4.08. The average molecular weight is 252 g/mol. The quantitative estimate of drug-likeness (QED) is 0.795. The molecule has 0 amide bonds. The van der Waals surface area contributed by atoms with Gasteiger partial charge in [-0.05, 0) is 25.5 Å². The molecule has 98 valence electrons. The van der Waals surface area contributed by atoms with Crippen LogP contribution in [0.2, 0.25) is 0 Å². The molecule has 5 heteroatoms. The smallest absolute Gasteiger partial charge is 0.336 e. The molecule has 0 saturated carbocycles. The van der Waals surface area contributed by atoms with Gasteiger partial charge < -0.3 is 14.9 Å². The van der Waals surface area contributed by atoms with Gasteiger partial charge in [-0.1, -0.05) is 18.2 Å². The van der Waals surface area contributed by atoms with Gasteiger partial charge in [0.1, 0.15) is 0 Å². The number of aromatic carboxylic acids is 1. The molecule has 0 aliphatic rings. The van der Waals surface area contributed by atoms with E-state index in [0.29, 0.717) is 0 Å². The molecule has 0 saturated heterocycles. The standard InChI is InChI=1S/C13H16O5/c1-13(2,12(17)18-3)10(14)8-6-4-5-7-9(8)11(15)16/h4-7,10,14H,1-3H3,(H,15,16). The lowest BCUT2D eigenvalue weighted by Crippen LogP contribution is -2.33. The number of aliphatic hydroxyl groups is 1. The van der Waals surface area contributed by atoms with Crippen molar-refractivity contribution in [2.24, 2.45) is 5.41 Å². The average Bonchev–Trinajstić information content (AvgIpc) is 2.36. The Bertz CT molecular complexity index is 464. The van der Waals surface area contributed by atoms with Gasteiger partial charge in [-0.25, -0.2) is 4.79 Å². The van der Waals surface area contributed by atoms with Gasteiger partial charge in [-0.3, -0.25) is 4.79 Å². The van der Waals surface area contributed by atoms with Crippen molar-refractivity contribution in [1.29, 1.82) is 0 Å². The van der Waals surface area contributed by atoms with Crippen LogP contribution in [0.25, 0.3) is 0 Å². The van der Waals surface area contributed by atoms with E-state index in [0.717, 1.165) is 0 Å². The van der Waals surface area contributed by atoms with E-state index >= 15 is 0 Å². The summed E-state index contributed by atoms with van der Waals surface area (Å²) in [4.78, 5) is 22.7. The Labute approximate surface area is 105 Å². The molecule has 18 heavy (non-hydrogen) atoms. The van der Waals surface area contributed by atoms with Gasteiger partial charge in [0.25, 0.3) is 0 Å². The van der Waals surface area contributed by atoms with E-state index in [9.17, 15) is 14.7 Å². The van der Waals surface area contributed by atoms with Gasteiger partial charge in [-0.2, -0.15) is 0 Å². The van der Waals surface area contributed by atoms with Crippen LogP contribution in [0.1, 0.15) is 35.9 Å². The van der Waals surface area contributed by atoms with Crippen molar-refractivity contribution in [1.82, 2.24) is 0 Å². The Morgan fingerprint density at radius 1 is 1.28 bits per heavy atom. The maximum absolute atomic E-state index is 11.6. The van der Waals surface area contributed by atoms with Crippen LogP contribution in [0.5, 0.6) is 0 Å². The number of carbonyl (C=O) groups excluding carboxylic acids is 1. The Morgan fingerprint density at radius 2 is 1.83 bits per heavy atom. The topological polar surface area (TPSA) is 83.8 Å². The molecule has 5 nitrogen and oxygen atoms in total. The lowest BCUT2D eigenvalue weighted by atomic mass is 9.81. The fourth-order valence-electron chi connectivity index (χ4n) is 1.69. The predicted octanol–water partition coefficient (Wildman–Crippen LogP) is 1.62. The van der Waals surface area contributed by atoms with Crippen LogP contribution in [0.15, 0.2) is 24.3 Å². The van der Waals surface area contributed by atoms with Crippen LogP contribution in [-0.2, 0) is 9.53 Å². The van der Waals surface area contributed by atoms with Crippen LogP contribution in [0.3, 0.4) is 0 Å². The molecule has 1 rings (SSSR count). The molecule has 1 atom stereocenters. The zero-order valence-corrected chi connectivity index (χ0v) is 10.5. The fourth-order valence-corrected chi connectivity index (χ4v) is 1.69. The van der Waals surface area contributed by atoms with E-state index in [1.54, 1.807) is 12.1 Å². The molecule has 1 aromatic carbocycles. The van der Waals surface area contributed by atoms with Crippen LogP contribution < -0.4 is 0 Å². The number of esters is 1. The Hall–Kier alpha value is -1.88. The molecule has 1 aromatic rings. The number of hydrogen-bond donors (Lipinski definition) is 2. The minimum Gasteiger partial charge on any atom is -0.478 e. The summed E-state index contributed by atoms with van der Waals surface area (Å²) in [7, 11) is 1.22. The molecule has 0 aromatic heterocycles. The van der Waals surface area contributed by atoms with E-state index in [1.165, 1.54) is 33.1 Å². The summed E-state index contributed by atoms with van der Waals surface area (Å²) in [6, 6.07) is 6.04. The number of carbonyl (C=O) groups is 2. The van der Waals surface area contributed by atoms with E-state index in [-0.39, 0.29) is 11.1 Å². The monoisotopic (exact) mass is 252 g/mol. The highest BCUT2D eigenvalue weighted by atomic mass is 16.5. The van der Waals surface area contributed by atoms with Crippen LogP contribution in [0, 0.1) is 5.41 Å². The normalized spacial score (nSPS) is 12.9. The van der Waals surface area contributed by atoms with Gasteiger partial charge in [0.2, 0.25) is 0 Å². The molecule has 2 N–H and O–H groups in total. The second-order valence-electron chi connectivity index (χ2n) is 4.51. The summed E-state index contributed by atoms with van der Waals surface area (Å²) >= 11 is 0. The molecular weight excluding hydrogens is 236 g/mol. The van der Waals surface area contributed by atoms with E-state index in [2.05, 4.69) is 4.74 Å². The first-order valence-electron chi connectivity index (χ1n) is 5.41. The van der Waals surface area contributed by atoms with Crippen molar-refractivity contribution in [3.63, 3.8) is 0 Å². The summed E-state index contributed by atoms with van der Waals surface area (Å²) in [5.41, 5.74) is -1.05. The molecular formula is C13H16O5. The minimum absolute atomic E-state index is 0.0259. The first-order valence-corrected chi connectivity index (χ1v) is 5.41. The minimum atomic E-state index is -1.25. The third kappa shape index (κ3) is 2.51. The highest BCUT2D eigenvalue weighted by molar-refractivity contribution is 5.90. The largest absolute Gasteiger partial charge is 0.478 e. The second-order valence-corrected chi connectivity index (χ2v) is 4.51. The number of methoxy groups -OCH3 is 1. The Balaban J connectivity index is 3.22. The predicted molar refractivity (Wildman–Crippen MR) is 64.2 cm³/mol. The summed E-state index contributed by atoms with van der Waals surface area (Å²) in [6.45, 7) is 3.00. The summed E-state index contributed by atoms with van der Waals surface area (Å²) < 4.78 is 4.61. The molecule has 0 aliphatic carbocycles. The van der Waals surface area contributed by atoms with Crippen molar-refractivity contribution in [2.45, 2.75) is 20.0 Å². The molecule has 0 spiro atoms. The molecule has 1 unspecified atom stereocenters. The van der Waals surface area contributed by atoms with Crippen LogP contribution in [-0.4, -0.2) is 29.3 Å². The molecule has 0 radical (unpaired) electrons. The lowest BCUT2D eigenvalue weighted by Gasteiger charge is -2.28. The second kappa shape index (κ2) is 5.18. The number of ether oxygens (including phenoxy) is 1. The van der Waals surface area contributed by atoms with E-state index < -0.39 is 23.5 Å². The van der Waals surface area contributed by atoms with Crippen molar-refractivity contribution >= 4 is 11.9 Å². The van der Waals surface area contributed by atoms with Crippen molar-refractivity contribution < 1.29 is 24.5 Å². The fraction of sp³-hybridized carbons (Fsp3) is 0.385. The van der Waals surface area contributed by atoms with Gasteiger partial charge in [0, 0.05) is 0 Å². The maximum Gasteiger partial charge on any atom is 0.336 e. The number of hydrogen-bond acceptors (Lipinski definition) is 4. The first kappa shape index (κ1) is 14.2. The molecule has 0 fully saturated rings. The van der Waals surface area contributed by atoms with Crippen LogP contribution in [0.4, 0.5) is 0 Å². The van der Waals surface area contributed by atoms with Crippen molar-refractivity contribution in [3.05, 3.63) is 35.4 Å². The molecule has 0 heterocycles. The maximum atomic E-state index is 11.6. The van der Waals surface area contributed by atoms with Gasteiger partial charge in [-0.15, -0.1) is 0 Å². The SMILES string of the molecule is COC(=O)C(C)(C)C(O)c1ccccc1C(=O)O. The van der Waals surface area contributed by atoms with Crippen LogP contribution >= 0.6 is 0 Å². The van der Waals surface area contributed by atoms with E-state index in [1.807, 2.05) is 0 Å². The Morgan fingerprint density at radius 3 is 2.33 bits per heavy atom. The highest BCUT2D eigenvalue weighted by Gasteiger charge is 2.39. The highest BCUT2D eigenvalue weighted by Crippen LogP contribution is 2.35. The zero-order valence-electron chi connectivity index (χ0n) is 10.5. The van der Waals surface area contributed by atoms with Gasteiger partial charge in [0.15, 0.2) is 0 Å². The molecule has 0 bridgehead atoms. The zero-order chi connectivity index (χ0) is 13.9. The summed E-state index contributed by atoms with van der Waals surface area (Å²) in [5.74, 6) is -1.75.